The molecule has 0 aliphatic rings. The van der Waals surface area contributed by atoms with E-state index in [4.69, 9.17) is 0 Å². The van der Waals surface area contributed by atoms with Crippen LogP contribution >= 0.6 is 15.9 Å². The summed E-state index contributed by atoms with van der Waals surface area (Å²) in [6.07, 6.45) is 2.51. The van der Waals surface area contributed by atoms with Gasteiger partial charge in [-0.15, -0.1) is 0 Å². The molecule has 0 atom stereocenters. The van der Waals surface area contributed by atoms with Crippen molar-refractivity contribution in [3.63, 3.8) is 0 Å². The number of carbonyl (C=O) groups is 1. The van der Waals surface area contributed by atoms with E-state index in [1.165, 1.54) is 6.07 Å². The Hall–Kier alpha value is -0.960. The molecule has 0 saturated heterocycles. The predicted molar refractivity (Wildman–Crippen MR) is 63.0 cm³/mol. The topological polar surface area (TPSA) is 17.1 Å². The van der Waals surface area contributed by atoms with Crippen molar-refractivity contribution >= 4 is 28.3 Å². The molecule has 0 radical (unpaired) electrons. The Bertz CT molecular complexity index is 397. The van der Waals surface area contributed by atoms with Gasteiger partial charge in [0.25, 0.3) is 0 Å². The maximum Gasteiger partial charge on any atom is 0.146 e. The molecule has 15 heavy (non-hydrogen) atoms. The highest BCUT2D eigenvalue weighted by atomic mass is 79.9. The van der Waals surface area contributed by atoms with Gasteiger partial charge in [-0.05, 0) is 51.2 Å². The Morgan fingerprint density at radius 1 is 1.47 bits per heavy atom. The van der Waals surface area contributed by atoms with Crippen molar-refractivity contribution in [2.75, 3.05) is 0 Å². The highest BCUT2D eigenvalue weighted by Crippen LogP contribution is 2.19. The van der Waals surface area contributed by atoms with Crippen LogP contribution in [0.2, 0.25) is 0 Å². The highest BCUT2D eigenvalue weighted by molar-refractivity contribution is 9.10. The van der Waals surface area contributed by atoms with Crippen LogP contribution in [-0.4, -0.2) is 6.29 Å². The zero-order chi connectivity index (χ0) is 11.4. The summed E-state index contributed by atoms with van der Waals surface area (Å²) in [5.41, 5.74) is 1.36. The molecule has 0 unspecified atom stereocenters. The second kappa shape index (κ2) is 5.21. The smallest absolute Gasteiger partial charge is 0.146 e. The molecule has 0 amide bonds. The second-order valence-electron chi connectivity index (χ2n) is 3.59. The minimum atomic E-state index is -0.322. The summed E-state index contributed by atoms with van der Waals surface area (Å²) in [5.74, 6) is -0.174. The molecule has 1 aromatic rings. The zero-order valence-corrected chi connectivity index (χ0v) is 10.2. The van der Waals surface area contributed by atoms with Gasteiger partial charge in [0.05, 0.1) is 4.47 Å². The summed E-state index contributed by atoms with van der Waals surface area (Å²) >= 11 is 3.08. The molecule has 0 aliphatic heterocycles. The normalized spacial score (nSPS) is 11.9. The third-order valence-corrected chi connectivity index (χ3v) is 2.72. The number of aldehydes is 1. The van der Waals surface area contributed by atoms with Gasteiger partial charge in [0.15, 0.2) is 0 Å². The van der Waals surface area contributed by atoms with Crippen molar-refractivity contribution in [1.29, 1.82) is 0 Å². The maximum absolute atomic E-state index is 13.2. The Kier molecular flexibility index (Phi) is 4.21. The van der Waals surface area contributed by atoms with E-state index in [2.05, 4.69) is 15.9 Å². The van der Waals surface area contributed by atoms with E-state index in [0.717, 1.165) is 6.29 Å². The minimum absolute atomic E-state index is 0.147. The van der Waals surface area contributed by atoms with Crippen molar-refractivity contribution in [2.24, 2.45) is 5.92 Å². The standard InChI is InChI=1S/C12H12BrFO/c1-8(2)10(7-15)5-9-3-4-11(13)12(14)6-9/h3-8H,1-2H3/b10-5+. The van der Waals surface area contributed by atoms with Crippen molar-refractivity contribution in [3.05, 3.63) is 39.6 Å². The molecular formula is C12H12BrFO. The van der Waals surface area contributed by atoms with E-state index in [1.54, 1.807) is 18.2 Å². The fraction of sp³-hybridized carbons (Fsp3) is 0.250. The predicted octanol–water partition coefficient (Wildman–Crippen LogP) is 3.83. The van der Waals surface area contributed by atoms with Gasteiger partial charge < -0.3 is 0 Å². The van der Waals surface area contributed by atoms with Gasteiger partial charge in [-0.1, -0.05) is 19.9 Å². The summed E-state index contributed by atoms with van der Waals surface area (Å²) in [5, 5.41) is 0. The second-order valence-corrected chi connectivity index (χ2v) is 4.44. The van der Waals surface area contributed by atoms with E-state index in [-0.39, 0.29) is 11.7 Å². The van der Waals surface area contributed by atoms with Crippen LogP contribution in [0.3, 0.4) is 0 Å². The van der Waals surface area contributed by atoms with E-state index < -0.39 is 0 Å². The van der Waals surface area contributed by atoms with Gasteiger partial charge in [0.2, 0.25) is 0 Å². The molecule has 0 fully saturated rings. The Morgan fingerprint density at radius 2 is 2.13 bits per heavy atom. The van der Waals surface area contributed by atoms with Gasteiger partial charge in [-0.25, -0.2) is 4.39 Å². The van der Waals surface area contributed by atoms with Gasteiger partial charge >= 0.3 is 0 Å². The Labute approximate surface area is 97.1 Å². The first-order valence-corrected chi connectivity index (χ1v) is 5.45. The summed E-state index contributed by atoms with van der Waals surface area (Å²) in [4.78, 5) is 10.7. The third kappa shape index (κ3) is 3.27. The maximum atomic E-state index is 13.2. The number of rotatable bonds is 3. The van der Waals surface area contributed by atoms with Gasteiger partial charge in [0.1, 0.15) is 12.1 Å². The third-order valence-electron chi connectivity index (χ3n) is 2.08. The fourth-order valence-electron chi connectivity index (χ4n) is 1.13. The molecule has 0 bridgehead atoms. The van der Waals surface area contributed by atoms with Crippen LogP contribution in [0.4, 0.5) is 4.39 Å². The summed E-state index contributed by atoms with van der Waals surface area (Å²) in [6, 6.07) is 4.79. The fourth-order valence-corrected chi connectivity index (χ4v) is 1.38. The quantitative estimate of drug-likeness (QED) is 0.603. The molecule has 0 heterocycles. The summed E-state index contributed by atoms with van der Waals surface area (Å²) in [7, 11) is 0. The van der Waals surface area contributed by atoms with Gasteiger partial charge in [-0.3, -0.25) is 4.79 Å². The molecule has 1 aromatic carbocycles. The Balaban J connectivity index is 3.07. The van der Waals surface area contributed by atoms with Crippen molar-refractivity contribution < 1.29 is 9.18 Å². The van der Waals surface area contributed by atoms with Gasteiger partial charge in [-0.2, -0.15) is 0 Å². The number of hydrogen-bond donors (Lipinski definition) is 0. The number of allylic oxidation sites excluding steroid dienone is 1. The number of hydrogen-bond acceptors (Lipinski definition) is 1. The van der Waals surface area contributed by atoms with Crippen LogP contribution in [0.1, 0.15) is 19.4 Å². The zero-order valence-electron chi connectivity index (χ0n) is 8.63. The Morgan fingerprint density at radius 3 is 2.60 bits per heavy atom. The first kappa shape index (κ1) is 12.1. The first-order valence-electron chi connectivity index (χ1n) is 4.66. The molecule has 1 nitrogen and oxygen atoms in total. The summed E-state index contributed by atoms with van der Waals surface area (Å²) in [6.45, 7) is 3.85. The van der Waals surface area contributed by atoms with Crippen molar-refractivity contribution in [2.45, 2.75) is 13.8 Å². The summed E-state index contributed by atoms with van der Waals surface area (Å²) < 4.78 is 13.6. The van der Waals surface area contributed by atoms with Crippen molar-refractivity contribution in [1.82, 2.24) is 0 Å². The lowest BCUT2D eigenvalue weighted by molar-refractivity contribution is -0.105. The number of benzene rings is 1. The SMILES string of the molecule is CC(C)/C(C=O)=C/c1ccc(Br)c(F)c1. The molecule has 80 valence electrons. The van der Waals surface area contributed by atoms with Crippen LogP contribution < -0.4 is 0 Å². The average Bonchev–Trinajstić information content (AvgIpc) is 2.19. The average molecular weight is 271 g/mol. The first-order chi connectivity index (χ1) is 7.04. The molecule has 1 rings (SSSR count). The molecular weight excluding hydrogens is 259 g/mol. The monoisotopic (exact) mass is 270 g/mol. The van der Waals surface area contributed by atoms with Crippen LogP contribution in [0.15, 0.2) is 28.2 Å². The largest absolute Gasteiger partial charge is 0.298 e. The van der Waals surface area contributed by atoms with Gasteiger partial charge in [0, 0.05) is 0 Å². The molecule has 0 aromatic heterocycles. The van der Waals surface area contributed by atoms with Crippen LogP contribution in [-0.2, 0) is 4.79 Å². The van der Waals surface area contributed by atoms with E-state index >= 15 is 0 Å². The van der Waals surface area contributed by atoms with Crippen LogP contribution in [0.25, 0.3) is 6.08 Å². The number of carbonyl (C=O) groups excluding carboxylic acids is 1. The van der Waals surface area contributed by atoms with E-state index in [1.807, 2.05) is 13.8 Å². The molecule has 3 heteroatoms. The molecule has 0 saturated carbocycles. The molecule has 0 spiro atoms. The lowest BCUT2D eigenvalue weighted by atomic mass is 10.0. The highest BCUT2D eigenvalue weighted by Gasteiger charge is 2.03. The van der Waals surface area contributed by atoms with Crippen LogP contribution in [0, 0.1) is 11.7 Å². The van der Waals surface area contributed by atoms with E-state index in [9.17, 15) is 9.18 Å². The molecule has 0 aliphatic carbocycles. The number of halogens is 2. The van der Waals surface area contributed by atoms with Crippen molar-refractivity contribution in [3.8, 4) is 0 Å². The molecule has 0 N–H and O–H groups in total. The van der Waals surface area contributed by atoms with E-state index in [0.29, 0.717) is 15.6 Å². The van der Waals surface area contributed by atoms with Crippen LogP contribution in [0.5, 0.6) is 0 Å². The lowest BCUT2D eigenvalue weighted by Gasteiger charge is -2.04. The minimum Gasteiger partial charge on any atom is -0.298 e. The lowest BCUT2D eigenvalue weighted by Crippen LogP contribution is -1.95.